The minimum atomic E-state index is -0.702. The molecule has 9 heteroatoms. The zero-order valence-electron chi connectivity index (χ0n) is 15.7. The molecule has 2 aromatic carbocycles. The van der Waals surface area contributed by atoms with E-state index in [1.54, 1.807) is 6.92 Å². The number of nitro groups is 1. The summed E-state index contributed by atoms with van der Waals surface area (Å²) >= 11 is 0. The molecule has 0 radical (unpaired) electrons. The van der Waals surface area contributed by atoms with Gasteiger partial charge in [-0.15, -0.1) is 10.2 Å². The molecule has 0 aliphatic heterocycles. The first-order chi connectivity index (χ1) is 13.3. The SMILES string of the molecule is CC(C)c1ccc(-c2nnn([C@@H](C)C(=O)Nc3ccc([N+](=O)[O-])cc3)n2)cc1. The first kappa shape index (κ1) is 19.2. The zero-order valence-corrected chi connectivity index (χ0v) is 15.7. The van der Waals surface area contributed by atoms with Crippen LogP contribution >= 0.6 is 0 Å². The summed E-state index contributed by atoms with van der Waals surface area (Å²) < 4.78 is 0. The van der Waals surface area contributed by atoms with Gasteiger partial charge in [0.1, 0.15) is 6.04 Å². The van der Waals surface area contributed by atoms with Crippen LogP contribution in [0.5, 0.6) is 0 Å². The Labute approximate surface area is 161 Å². The highest BCUT2D eigenvalue weighted by atomic mass is 16.6. The predicted octanol–water partition coefficient (Wildman–Crippen LogP) is 3.57. The minimum absolute atomic E-state index is 0.0443. The van der Waals surface area contributed by atoms with Crippen LogP contribution < -0.4 is 5.32 Å². The number of nitro benzene ring substituents is 1. The molecule has 0 spiro atoms. The number of hydrogen-bond donors (Lipinski definition) is 1. The molecule has 0 unspecified atom stereocenters. The first-order valence-electron chi connectivity index (χ1n) is 8.80. The lowest BCUT2D eigenvalue weighted by Gasteiger charge is -2.10. The number of anilines is 1. The van der Waals surface area contributed by atoms with Gasteiger partial charge in [0.2, 0.25) is 5.82 Å². The number of carbonyl (C=O) groups is 1. The lowest BCUT2D eigenvalue weighted by Crippen LogP contribution is -2.25. The van der Waals surface area contributed by atoms with E-state index in [-0.39, 0.29) is 11.6 Å². The molecule has 144 valence electrons. The number of hydrogen-bond acceptors (Lipinski definition) is 6. The molecule has 28 heavy (non-hydrogen) atoms. The van der Waals surface area contributed by atoms with Crippen LogP contribution in [0.2, 0.25) is 0 Å². The second-order valence-corrected chi connectivity index (χ2v) is 6.68. The number of tetrazole rings is 1. The van der Waals surface area contributed by atoms with Gasteiger partial charge in [-0.1, -0.05) is 38.1 Å². The zero-order chi connectivity index (χ0) is 20.3. The van der Waals surface area contributed by atoms with Gasteiger partial charge in [0.05, 0.1) is 4.92 Å². The van der Waals surface area contributed by atoms with Gasteiger partial charge < -0.3 is 5.32 Å². The second kappa shape index (κ2) is 7.95. The Kier molecular flexibility index (Phi) is 5.44. The van der Waals surface area contributed by atoms with Crippen LogP contribution in [-0.4, -0.2) is 31.0 Å². The lowest BCUT2D eigenvalue weighted by atomic mass is 10.0. The predicted molar refractivity (Wildman–Crippen MR) is 104 cm³/mol. The summed E-state index contributed by atoms with van der Waals surface area (Å²) in [6, 6.07) is 12.8. The summed E-state index contributed by atoms with van der Waals surface area (Å²) in [4.78, 5) is 23.9. The number of aromatic nitrogens is 4. The van der Waals surface area contributed by atoms with Gasteiger partial charge in [-0.3, -0.25) is 14.9 Å². The fourth-order valence-corrected chi connectivity index (χ4v) is 2.54. The van der Waals surface area contributed by atoms with Crippen molar-refractivity contribution in [1.82, 2.24) is 20.2 Å². The van der Waals surface area contributed by atoms with Crippen LogP contribution in [0.3, 0.4) is 0 Å². The van der Waals surface area contributed by atoms with Crippen molar-refractivity contribution in [2.45, 2.75) is 32.7 Å². The van der Waals surface area contributed by atoms with Crippen LogP contribution in [-0.2, 0) is 4.79 Å². The monoisotopic (exact) mass is 380 g/mol. The van der Waals surface area contributed by atoms with Crippen molar-refractivity contribution in [1.29, 1.82) is 0 Å². The molecule has 0 aliphatic rings. The van der Waals surface area contributed by atoms with Crippen molar-refractivity contribution in [2.75, 3.05) is 5.32 Å². The Morgan fingerprint density at radius 1 is 1.07 bits per heavy atom. The lowest BCUT2D eigenvalue weighted by molar-refractivity contribution is -0.384. The topological polar surface area (TPSA) is 116 Å². The number of amides is 1. The van der Waals surface area contributed by atoms with Crippen molar-refractivity contribution in [3.63, 3.8) is 0 Å². The Hall–Kier alpha value is -3.62. The van der Waals surface area contributed by atoms with Gasteiger partial charge in [0, 0.05) is 23.4 Å². The third-order valence-corrected chi connectivity index (χ3v) is 4.34. The summed E-state index contributed by atoms with van der Waals surface area (Å²) in [5.74, 6) is 0.513. The molecule has 0 saturated carbocycles. The average Bonchev–Trinajstić information content (AvgIpc) is 3.18. The molecule has 1 amide bonds. The summed E-state index contributed by atoms with van der Waals surface area (Å²) in [6.45, 7) is 5.89. The van der Waals surface area contributed by atoms with E-state index in [0.29, 0.717) is 17.4 Å². The highest BCUT2D eigenvalue weighted by molar-refractivity contribution is 5.93. The van der Waals surface area contributed by atoms with E-state index >= 15 is 0 Å². The number of carbonyl (C=O) groups excluding carboxylic acids is 1. The van der Waals surface area contributed by atoms with E-state index in [0.717, 1.165) is 5.56 Å². The van der Waals surface area contributed by atoms with Crippen molar-refractivity contribution in [2.24, 2.45) is 0 Å². The number of nitrogens with one attached hydrogen (secondary N) is 1. The summed E-state index contributed by atoms with van der Waals surface area (Å²) in [5, 5.41) is 25.7. The third kappa shape index (κ3) is 4.20. The molecule has 0 aliphatic carbocycles. The maximum atomic E-state index is 12.4. The van der Waals surface area contributed by atoms with E-state index in [4.69, 9.17) is 0 Å². The van der Waals surface area contributed by atoms with Crippen molar-refractivity contribution in [3.8, 4) is 11.4 Å². The molecule has 1 heterocycles. The molecule has 1 atom stereocenters. The first-order valence-corrected chi connectivity index (χ1v) is 8.80. The molecule has 3 rings (SSSR count). The quantitative estimate of drug-likeness (QED) is 0.516. The van der Waals surface area contributed by atoms with Crippen molar-refractivity contribution >= 4 is 17.3 Å². The van der Waals surface area contributed by atoms with Gasteiger partial charge in [-0.2, -0.15) is 4.80 Å². The summed E-state index contributed by atoms with van der Waals surface area (Å²) in [5.41, 5.74) is 2.44. The summed E-state index contributed by atoms with van der Waals surface area (Å²) in [7, 11) is 0. The van der Waals surface area contributed by atoms with E-state index in [2.05, 4.69) is 34.6 Å². The highest BCUT2D eigenvalue weighted by Crippen LogP contribution is 2.20. The van der Waals surface area contributed by atoms with Crippen LogP contribution in [0, 0.1) is 10.1 Å². The average molecular weight is 380 g/mol. The third-order valence-electron chi connectivity index (χ3n) is 4.34. The smallest absolute Gasteiger partial charge is 0.269 e. The van der Waals surface area contributed by atoms with Gasteiger partial charge in [0.15, 0.2) is 0 Å². The molecular formula is C19H20N6O3. The molecular weight excluding hydrogens is 360 g/mol. The second-order valence-electron chi connectivity index (χ2n) is 6.68. The molecule has 1 aromatic heterocycles. The molecule has 3 aromatic rings. The molecule has 9 nitrogen and oxygen atoms in total. The van der Waals surface area contributed by atoms with Gasteiger partial charge in [-0.05, 0) is 35.8 Å². The van der Waals surface area contributed by atoms with Crippen LogP contribution in [0.15, 0.2) is 48.5 Å². The fourth-order valence-electron chi connectivity index (χ4n) is 2.54. The molecule has 1 N–H and O–H groups in total. The largest absolute Gasteiger partial charge is 0.324 e. The minimum Gasteiger partial charge on any atom is -0.324 e. The van der Waals surface area contributed by atoms with E-state index < -0.39 is 11.0 Å². The van der Waals surface area contributed by atoms with E-state index in [1.165, 1.54) is 34.6 Å². The Balaban J connectivity index is 1.69. The van der Waals surface area contributed by atoms with Gasteiger partial charge in [-0.25, -0.2) is 0 Å². The molecule has 0 bridgehead atoms. The van der Waals surface area contributed by atoms with Crippen molar-refractivity contribution in [3.05, 3.63) is 64.2 Å². The number of rotatable bonds is 6. The Morgan fingerprint density at radius 3 is 2.29 bits per heavy atom. The van der Waals surface area contributed by atoms with Crippen LogP contribution in [0.25, 0.3) is 11.4 Å². The van der Waals surface area contributed by atoms with Gasteiger partial charge >= 0.3 is 0 Å². The summed E-state index contributed by atoms with van der Waals surface area (Å²) in [6.07, 6.45) is 0. The van der Waals surface area contributed by atoms with E-state index in [9.17, 15) is 14.9 Å². The standard InChI is InChI=1S/C19H20N6O3/c1-12(2)14-4-6-15(7-5-14)18-21-23-24(22-18)13(3)19(26)20-16-8-10-17(11-9-16)25(27)28/h4-13H,1-3H3,(H,20,26)/t13-/m0/s1. The number of nitrogens with zero attached hydrogens (tertiary/aromatic N) is 5. The number of non-ortho nitro benzene ring substituents is 1. The Bertz CT molecular complexity index is 980. The van der Waals surface area contributed by atoms with Crippen LogP contribution in [0.4, 0.5) is 11.4 Å². The molecule has 0 saturated heterocycles. The maximum Gasteiger partial charge on any atom is 0.269 e. The maximum absolute atomic E-state index is 12.4. The highest BCUT2D eigenvalue weighted by Gasteiger charge is 2.19. The van der Waals surface area contributed by atoms with E-state index in [1.807, 2.05) is 24.3 Å². The van der Waals surface area contributed by atoms with Crippen molar-refractivity contribution < 1.29 is 9.72 Å². The van der Waals surface area contributed by atoms with Gasteiger partial charge in [0.25, 0.3) is 11.6 Å². The fraction of sp³-hybridized carbons (Fsp3) is 0.263. The normalized spacial score (nSPS) is 12.0. The Morgan fingerprint density at radius 2 is 1.71 bits per heavy atom. The molecule has 0 fully saturated rings. The van der Waals surface area contributed by atoms with Crippen LogP contribution in [0.1, 0.15) is 38.3 Å². The number of benzene rings is 2.